The second-order valence-electron chi connectivity index (χ2n) is 10.7. The minimum Gasteiger partial charge on any atom is -0.496 e. The average Bonchev–Trinajstić information content (AvgIpc) is 2.84. The molecule has 0 saturated heterocycles. The van der Waals surface area contributed by atoms with Gasteiger partial charge in [0.2, 0.25) is 0 Å². The number of alkyl carbamates (subject to hydrolysis) is 1. The minimum atomic E-state index is -4.72. The predicted octanol–water partition coefficient (Wildman–Crippen LogP) is 8.36. The van der Waals surface area contributed by atoms with Crippen LogP contribution in [0.5, 0.6) is 5.75 Å². The van der Waals surface area contributed by atoms with Crippen molar-refractivity contribution in [2.75, 3.05) is 19.0 Å². The number of benzene rings is 2. The number of amides is 1. The molecule has 0 spiro atoms. The minimum absolute atomic E-state index is 0.00625. The number of pyridine rings is 1. The van der Waals surface area contributed by atoms with Crippen LogP contribution in [-0.2, 0) is 17.1 Å². The van der Waals surface area contributed by atoms with Gasteiger partial charge in [0.15, 0.2) is 0 Å². The number of hydrogen-bond donors (Lipinski definition) is 2. The van der Waals surface area contributed by atoms with Crippen LogP contribution >= 0.6 is 0 Å². The van der Waals surface area contributed by atoms with Gasteiger partial charge in [0.25, 0.3) is 0 Å². The smallest absolute Gasteiger partial charge is 0.433 e. The van der Waals surface area contributed by atoms with Crippen LogP contribution in [0.3, 0.4) is 0 Å². The lowest BCUT2D eigenvalue weighted by Gasteiger charge is -2.22. The van der Waals surface area contributed by atoms with Crippen LogP contribution in [-0.4, -0.2) is 36.4 Å². The Labute approximate surface area is 234 Å². The molecule has 0 saturated carbocycles. The molecule has 41 heavy (non-hydrogen) atoms. The highest BCUT2D eigenvalue weighted by Crippen LogP contribution is 2.44. The number of rotatable bonds is 8. The highest BCUT2D eigenvalue weighted by atomic mass is 19.4. The molecule has 1 aromatic heterocycles. The Morgan fingerprint density at radius 2 is 1.63 bits per heavy atom. The van der Waals surface area contributed by atoms with E-state index in [0.29, 0.717) is 35.9 Å². The molecule has 6 nitrogen and oxygen atoms in total. The molecule has 1 heterocycles. The molecule has 1 unspecified atom stereocenters. The van der Waals surface area contributed by atoms with Gasteiger partial charge in [0, 0.05) is 29.6 Å². The maximum atomic E-state index is 13.7. The first-order chi connectivity index (χ1) is 18.9. The number of hydrogen-bond acceptors (Lipinski definition) is 5. The molecule has 0 fully saturated rings. The van der Waals surface area contributed by atoms with E-state index in [1.807, 2.05) is 6.92 Å². The van der Waals surface area contributed by atoms with Gasteiger partial charge in [0.1, 0.15) is 17.0 Å². The van der Waals surface area contributed by atoms with Crippen LogP contribution in [0.4, 0.5) is 36.8 Å². The highest BCUT2D eigenvalue weighted by molar-refractivity contribution is 6.06. The number of halogens is 6. The average molecular weight is 586 g/mol. The molecular weight excluding hydrogens is 552 g/mol. The molecule has 1 amide bonds. The fourth-order valence-corrected chi connectivity index (χ4v) is 4.36. The summed E-state index contributed by atoms with van der Waals surface area (Å²) in [6.45, 7) is 8.89. The third-order valence-electron chi connectivity index (χ3n) is 6.14. The van der Waals surface area contributed by atoms with Crippen molar-refractivity contribution in [3.8, 4) is 16.9 Å². The summed E-state index contributed by atoms with van der Waals surface area (Å²) in [7, 11) is 1.37. The largest absolute Gasteiger partial charge is 0.496 e. The first kappa shape index (κ1) is 31.8. The van der Waals surface area contributed by atoms with E-state index in [1.54, 1.807) is 20.8 Å². The Balaban J connectivity index is 1.99. The molecule has 0 radical (unpaired) electrons. The Hall–Kier alpha value is -3.70. The highest BCUT2D eigenvalue weighted by Gasteiger charge is 2.34. The molecule has 3 aromatic rings. The maximum Gasteiger partial charge on any atom is 0.433 e. The lowest BCUT2D eigenvalue weighted by atomic mass is 9.94. The van der Waals surface area contributed by atoms with E-state index < -0.39 is 35.3 Å². The zero-order chi connectivity index (χ0) is 30.8. The van der Waals surface area contributed by atoms with Crippen molar-refractivity contribution in [3.63, 3.8) is 0 Å². The molecule has 0 bridgehead atoms. The number of carbonyl (C=O) groups excluding carboxylic acids is 1. The van der Waals surface area contributed by atoms with Crippen molar-refractivity contribution in [2.24, 2.45) is 0 Å². The van der Waals surface area contributed by atoms with Gasteiger partial charge in [0.05, 0.1) is 23.9 Å². The van der Waals surface area contributed by atoms with Gasteiger partial charge in [-0.1, -0.05) is 12.1 Å². The van der Waals surface area contributed by atoms with Crippen molar-refractivity contribution in [3.05, 3.63) is 53.2 Å². The number of carbonyl (C=O) groups is 1. The summed E-state index contributed by atoms with van der Waals surface area (Å²) in [4.78, 5) is 15.8. The summed E-state index contributed by atoms with van der Waals surface area (Å²) < 4.78 is 91.4. The van der Waals surface area contributed by atoms with Crippen LogP contribution in [0.2, 0.25) is 0 Å². The Morgan fingerprint density at radius 3 is 2.17 bits per heavy atom. The molecule has 0 aliphatic rings. The summed E-state index contributed by atoms with van der Waals surface area (Å²) in [6, 6.07) is 6.48. The van der Waals surface area contributed by atoms with E-state index in [2.05, 4.69) is 15.6 Å². The maximum absolute atomic E-state index is 13.7. The molecule has 0 aliphatic heterocycles. The topological polar surface area (TPSA) is 72.5 Å². The van der Waals surface area contributed by atoms with Crippen LogP contribution in [0, 0.1) is 6.92 Å². The van der Waals surface area contributed by atoms with E-state index in [1.165, 1.54) is 32.2 Å². The molecule has 2 N–H and O–H groups in total. The Kier molecular flexibility index (Phi) is 9.34. The van der Waals surface area contributed by atoms with Crippen LogP contribution in [0.25, 0.3) is 22.0 Å². The van der Waals surface area contributed by atoms with Crippen molar-refractivity contribution >= 4 is 22.7 Å². The number of ether oxygens (including phenoxy) is 2. The van der Waals surface area contributed by atoms with Gasteiger partial charge < -0.3 is 20.1 Å². The summed E-state index contributed by atoms with van der Waals surface area (Å²) in [6.07, 6.45) is -8.73. The number of fused-ring (bicyclic) bond motifs is 1. The van der Waals surface area contributed by atoms with Gasteiger partial charge in [-0.3, -0.25) is 0 Å². The molecule has 2 aromatic carbocycles. The predicted molar refractivity (Wildman–Crippen MR) is 145 cm³/mol. The number of anilines is 1. The van der Waals surface area contributed by atoms with Crippen molar-refractivity contribution < 1.29 is 40.6 Å². The second kappa shape index (κ2) is 12.0. The third kappa shape index (κ3) is 8.17. The number of aromatic nitrogens is 1. The Bertz CT molecular complexity index is 1380. The van der Waals surface area contributed by atoms with Gasteiger partial charge in [-0.2, -0.15) is 26.3 Å². The van der Waals surface area contributed by atoms with Crippen molar-refractivity contribution in [1.29, 1.82) is 0 Å². The molecule has 3 rings (SSSR count). The molecule has 1 atom stereocenters. The SMILES string of the molecule is COc1cc(NC(C)CCCNC(=O)OC(C)(C)C)c2nc(C(F)(F)F)cc(C)c2c1-c1ccc(C(F)(F)F)cc1. The van der Waals surface area contributed by atoms with E-state index >= 15 is 0 Å². The van der Waals surface area contributed by atoms with E-state index in [0.717, 1.165) is 18.2 Å². The standard InChI is InChI=1S/C29H33F6N3O3/c1-16-14-22(29(33,34)35)38-25-20(37-17(2)8-7-13-36-26(39)41-27(3,4)5)15-21(40-6)24(23(16)25)18-9-11-19(12-10-18)28(30,31)32/h9-12,14-15,17,37H,7-8,13H2,1-6H3,(H,36,39). The normalized spacial score (nSPS) is 13.2. The number of nitrogens with one attached hydrogen (secondary N) is 2. The zero-order valence-electron chi connectivity index (χ0n) is 23.6. The van der Waals surface area contributed by atoms with Gasteiger partial charge in [-0.05, 0) is 76.8 Å². The summed E-state index contributed by atoms with van der Waals surface area (Å²) in [5, 5.41) is 6.17. The van der Waals surface area contributed by atoms with Crippen molar-refractivity contribution in [1.82, 2.24) is 10.3 Å². The summed E-state index contributed by atoms with van der Waals surface area (Å²) >= 11 is 0. The monoisotopic (exact) mass is 585 g/mol. The van der Waals surface area contributed by atoms with E-state index in [9.17, 15) is 31.1 Å². The quantitative estimate of drug-likeness (QED) is 0.205. The Morgan fingerprint density at radius 1 is 1.00 bits per heavy atom. The molecule has 12 heteroatoms. The van der Waals surface area contributed by atoms with Crippen molar-refractivity contribution in [2.45, 2.75) is 71.5 Å². The fraction of sp³-hybridized carbons (Fsp3) is 0.448. The number of aryl methyl sites for hydroxylation is 1. The lowest BCUT2D eigenvalue weighted by molar-refractivity contribution is -0.141. The van der Waals surface area contributed by atoms with Crippen LogP contribution < -0.4 is 15.4 Å². The second-order valence-corrected chi connectivity index (χ2v) is 10.7. The van der Waals surface area contributed by atoms with Crippen LogP contribution in [0.15, 0.2) is 36.4 Å². The number of alkyl halides is 6. The summed E-state index contributed by atoms with van der Waals surface area (Å²) in [5.41, 5.74) is -1.41. The third-order valence-corrected chi connectivity index (χ3v) is 6.14. The zero-order valence-corrected chi connectivity index (χ0v) is 23.6. The molecule has 224 valence electrons. The van der Waals surface area contributed by atoms with E-state index in [4.69, 9.17) is 9.47 Å². The van der Waals surface area contributed by atoms with Gasteiger partial charge >= 0.3 is 18.4 Å². The summed E-state index contributed by atoms with van der Waals surface area (Å²) in [5.74, 6) is 0.253. The van der Waals surface area contributed by atoms with Gasteiger partial charge in [-0.15, -0.1) is 0 Å². The number of methoxy groups -OCH3 is 1. The van der Waals surface area contributed by atoms with Gasteiger partial charge in [-0.25, -0.2) is 9.78 Å². The lowest BCUT2D eigenvalue weighted by Crippen LogP contribution is -2.33. The molecular formula is C29H33F6N3O3. The fourth-order valence-electron chi connectivity index (χ4n) is 4.36. The van der Waals surface area contributed by atoms with Crippen LogP contribution in [0.1, 0.15) is 57.4 Å². The number of nitrogens with zero attached hydrogens (tertiary/aromatic N) is 1. The van der Waals surface area contributed by atoms with E-state index in [-0.39, 0.29) is 28.6 Å². The first-order valence-electron chi connectivity index (χ1n) is 12.9. The first-order valence-corrected chi connectivity index (χ1v) is 12.9. The molecule has 0 aliphatic carbocycles.